The average molecular weight is 242 g/mol. The number of hydrogen-bond acceptors (Lipinski definition) is 4. The Morgan fingerprint density at radius 2 is 1.82 bits per heavy atom. The van der Waals surface area contributed by atoms with Gasteiger partial charge in [0.1, 0.15) is 0 Å². The number of carbonyl (C=O) groups excluding carboxylic acids is 3. The molecule has 17 heavy (non-hydrogen) atoms. The van der Waals surface area contributed by atoms with Crippen molar-refractivity contribution in [3.63, 3.8) is 0 Å². The molecule has 0 spiro atoms. The Morgan fingerprint density at radius 1 is 1.18 bits per heavy atom. The van der Waals surface area contributed by atoms with Crippen LogP contribution in [0.3, 0.4) is 0 Å². The SMILES string of the molecule is CC(=O)OCC(=O)NC(=O)NC1CCCCC1. The molecule has 0 atom stereocenters. The number of hydrogen-bond donors (Lipinski definition) is 2. The van der Waals surface area contributed by atoms with Gasteiger partial charge in [0.05, 0.1) is 0 Å². The molecule has 1 fully saturated rings. The van der Waals surface area contributed by atoms with Crippen LogP contribution in [0.2, 0.25) is 0 Å². The first-order chi connectivity index (χ1) is 8.08. The molecule has 6 heteroatoms. The Morgan fingerprint density at radius 3 is 2.41 bits per heavy atom. The van der Waals surface area contributed by atoms with Crippen LogP contribution >= 0.6 is 0 Å². The Hall–Kier alpha value is -1.59. The molecule has 96 valence electrons. The molecule has 0 aromatic heterocycles. The molecule has 1 saturated carbocycles. The summed E-state index contributed by atoms with van der Waals surface area (Å²) in [6.45, 7) is 0.781. The Bertz CT molecular complexity index is 298. The molecule has 0 heterocycles. The van der Waals surface area contributed by atoms with Crippen molar-refractivity contribution >= 4 is 17.9 Å². The third kappa shape index (κ3) is 5.89. The molecule has 1 rings (SSSR count). The van der Waals surface area contributed by atoms with Gasteiger partial charge in [-0.3, -0.25) is 14.9 Å². The van der Waals surface area contributed by atoms with E-state index in [0.717, 1.165) is 25.7 Å². The van der Waals surface area contributed by atoms with Gasteiger partial charge in [0.2, 0.25) is 0 Å². The van der Waals surface area contributed by atoms with E-state index in [1.54, 1.807) is 0 Å². The molecular formula is C11H18N2O4. The van der Waals surface area contributed by atoms with Gasteiger partial charge in [0.25, 0.3) is 5.91 Å². The van der Waals surface area contributed by atoms with Crippen LogP contribution in [0.25, 0.3) is 0 Å². The van der Waals surface area contributed by atoms with Crippen LogP contribution in [0.1, 0.15) is 39.0 Å². The van der Waals surface area contributed by atoms with E-state index in [4.69, 9.17) is 0 Å². The van der Waals surface area contributed by atoms with Gasteiger partial charge in [-0.25, -0.2) is 4.79 Å². The highest BCUT2D eigenvalue weighted by Gasteiger charge is 2.17. The summed E-state index contributed by atoms with van der Waals surface area (Å²) >= 11 is 0. The highest BCUT2D eigenvalue weighted by atomic mass is 16.5. The summed E-state index contributed by atoms with van der Waals surface area (Å²) in [7, 11) is 0. The van der Waals surface area contributed by atoms with Crippen molar-refractivity contribution in [3.8, 4) is 0 Å². The standard InChI is InChI=1S/C11H18N2O4/c1-8(14)17-7-10(15)13-11(16)12-9-5-3-2-4-6-9/h9H,2-7H2,1H3,(H2,12,13,15,16). The number of rotatable bonds is 3. The Balaban J connectivity index is 2.19. The summed E-state index contributed by atoms with van der Waals surface area (Å²) in [6.07, 6.45) is 5.31. The smallest absolute Gasteiger partial charge is 0.321 e. The van der Waals surface area contributed by atoms with Crippen LogP contribution in [-0.2, 0) is 14.3 Å². The van der Waals surface area contributed by atoms with Crippen LogP contribution in [0, 0.1) is 0 Å². The molecule has 0 aromatic rings. The number of amides is 3. The lowest BCUT2D eigenvalue weighted by Crippen LogP contribution is -2.46. The van der Waals surface area contributed by atoms with Crippen LogP contribution in [0.15, 0.2) is 0 Å². The van der Waals surface area contributed by atoms with Crippen LogP contribution in [0.4, 0.5) is 4.79 Å². The van der Waals surface area contributed by atoms with Gasteiger partial charge in [-0.15, -0.1) is 0 Å². The quantitative estimate of drug-likeness (QED) is 0.714. The van der Waals surface area contributed by atoms with Gasteiger partial charge in [-0.2, -0.15) is 0 Å². The first-order valence-corrected chi connectivity index (χ1v) is 5.81. The number of nitrogens with one attached hydrogen (secondary N) is 2. The zero-order chi connectivity index (χ0) is 12.7. The van der Waals surface area contributed by atoms with E-state index in [1.807, 2.05) is 0 Å². The first kappa shape index (κ1) is 13.5. The lowest BCUT2D eigenvalue weighted by atomic mass is 9.96. The van der Waals surface area contributed by atoms with Crippen LogP contribution in [0.5, 0.6) is 0 Å². The average Bonchev–Trinajstić information content (AvgIpc) is 2.27. The van der Waals surface area contributed by atoms with Gasteiger partial charge in [0.15, 0.2) is 6.61 Å². The largest absolute Gasteiger partial charge is 0.456 e. The van der Waals surface area contributed by atoms with Crippen molar-refractivity contribution in [2.24, 2.45) is 0 Å². The lowest BCUT2D eigenvalue weighted by Gasteiger charge is -2.22. The molecule has 1 aliphatic carbocycles. The second-order valence-electron chi connectivity index (χ2n) is 4.14. The fourth-order valence-electron chi connectivity index (χ4n) is 1.80. The molecular weight excluding hydrogens is 224 g/mol. The minimum Gasteiger partial charge on any atom is -0.456 e. The van der Waals surface area contributed by atoms with Crippen molar-refractivity contribution in [2.75, 3.05) is 6.61 Å². The Kier molecular flexibility index (Phi) is 5.45. The summed E-state index contributed by atoms with van der Waals surface area (Å²) in [5.74, 6) is -1.17. The summed E-state index contributed by atoms with van der Waals surface area (Å²) in [5.41, 5.74) is 0. The maximum Gasteiger partial charge on any atom is 0.321 e. The van der Waals surface area contributed by atoms with Crippen LogP contribution < -0.4 is 10.6 Å². The van der Waals surface area contributed by atoms with E-state index < -0.39 is 24.5 Å². The Labute approximate surface area is 100 Å². The molecule has 0 aliphatic heterocycles. The maximum absolute atomic E-state index is 11.4. The molecule has 0 saturated heterocycles. The van der Waals surface area contributed by atoms with Crippen molar-refractivity contribution < 1.29 is 19.1 Å². The summed E-state index contributed by atoms with van der Waals surface area (Å²) < 4.78 is 4.46. The van der Waals surface area contributed by atoms with Gasteiger partial charge >= 0.3 is 12.0 Å². The van der Waals surface area contributed by atoms with Crippen molar-refractivity contribution in [1.29, 1.82) is 0 Å². The predicted octanol–water partition coefficient (Wildman–Crippen LogP) is 0.708. The van der Waals surface area contributed by atoms with E-state index in [0.29, 0.717) is 0 Å². The summed E-state index contributed by atoms with van der Waals surface area (Å²) in [5, 5.41) is 4.84. The normalized spacial score (nSPS) is 16.1. The summed E-state index contributed by atoms with van der Waals surface area (Å²) in [4.78, 5) is 33.0. The maximum atomic E-state index is 11.4. The fourth-order valence-corrected chi connectivity index (χ4v) is 1.80. The topological polar surface area (TPSA) is 84.5 Å². The monoisotopic (exact) mass is 242 g/mol. The van der Waals surface area contributed by atoms with Gasteiger partial charge in [-0.05, 0) is 12.8 Å². The second-order valence-corrected chi connectivity index (χ2v) is 4.14. The van der Waals surface area contributed by atoms with E-state index in [2.05, 4.69) is 15.4 Å². The number of esters is 1. The highest BCUT2D eigenvalue weighted by molar-refractivity contribution is 5.95. The third-order valence-electron chi connectivity index (χ3n) is 2.60. The van der Waals surface area contributed by atoms with Crippen molar-refractivity contribution in [2.45, 2.75) is 45.1 Å². The van der Waals surface area contributed by atoms with Crippen LogP contribution in [-0.4, -0.2) is 30.6 Å². The molecule has 2 N–H and O–H groups in total. The minimum absolute atomic E-state index is 0.144. The number of imide groups is 1. The minimum atomic E-state index is -0.617. The molecule has 0 bridgehead atoms. The number of ether oxygens (including phenoxy) is 1. The zero-order valence-electron chi connectivity index (χ0n) is 9.95. The predicted molar refractivity (Wildman–Crippen MR) is 60.2 cm³/mol. The van der Waals surface area contributed by atoms with E-state index in [9.17, 15) is 14.4 Å². The van der Waals surface area contributed by atoms with E-state index in [-0.39, 0.29) is 6.04 Å². The van der Waals surface area contributed by atoms with E-state index >= 15 is 0 Å². The van der Waals surface area contributed by atoms with E-state index in [1.165, 1.54) is 13.3 Å². The highest BCUT2D eigenvalue weighted by Crippen LogP contribution is 2.16. The summed E-state index contributed by atoms with van der Waals surface area (Å²) in [6, 6.07) is -0.376. The van der Waals surface area contributed by atoms with Gasteiger partial charge < -0.3 is 10.1 Å². The lowest BCUT2D eigenvalue weighted by molar-refractivity contribution is -0.146. The second kappa shape index (κ2) is 6.88. The molecule has 0 aromatic carbocycles. The fraction of sp³-hybridized carbons (Fsp3) is 0.727. The molecule has 3 amide bonds. The zero-order valence-corrected chi connectivity index (χ0v) is 9.95. The van der Waals surface area contributed by atoms with Crippen molar-refractivity contribution in [1.82, 2.24) is 10.6 Å². The molecule has 0 radical (unpaired) electrons. The van der Waals surface area contributed by atoms with Crippen molar-refractivity contribution in [3.05, 3.63) is 0 Å². The molecule has 6 nitrogen and oxygen atoms in total. The third-order valence-corrected chi connectivity index (χ3v) is 2.60. The molecule has 1 aliphatic rings. The first-order valence-electron chi connectivity index (χ1n) is 5.81. The van der Waals surface area contributed by atoms with Gasteiger partial charge in [0, 0.05) is 13.0 Å². The van der Waals surface area contributed by atoms with Gasteiger partial charge in [-0.1, -0.05) is 19.3 Å². The number of urea groups is 1. The molecule has 0 unspecified atom stereocenters. The number of carbonyl (C=O) groups is 3.